The molecule has 0 spiro atoms. The highest BCUT2D eigenvalue weighted by Gasteiger charge is 2.23. The fourth-order valence-electron chi connectivity index (χ4n) is 3.38. The Morgan fingerprint density at radius 2 is 1.93 bits per heavy atom. The van der Waals surface area contributed by atoms with Crippen LogP contribution in [-0.4, -0.2) is 40.8 Å². The maximum atomic E-state index is 6.28. The summed E-state index contributed by atoms with van der Waals surface area (Å²) in [6.07, 6.45) is 7.33. The molecular weight excluding hydrogens is 366 g/mol. The van der Waals surface area contributed by atoms with E-state index in [9.17, 15) is 0 Å². The van der Waals surface area contributed by atoms with Gasteiger partial charge in [0.15, 0.2) is 17.3 Å². The molecule has 7 heteroatoms. The predicted octanol–water partition coefficient (Wildman–Crippen LogP) is 4.06. The van der Waals surface area contributed by atoms with Gasteiger partial charge in [-0.3, -0.25) is 4.98 Å². The number of nitrogens with zero attached hydrogens (tertiary/aromatic N) is 4. The summed E-state index contributed by atoms with van der Waals surface area (Å²) in [6, 6.07) is 13.5. The number of anilines is 3. The normalized spacial score (nSPS) is 16.3. The van der Waals surface area contributed by atoms with Crippen molar-refractivity contribution in [3.63, 3.8) is 0 Å². The highest BCUT2D eigenvalue weighted by Crippen LogP contribution is 2.30. The van der Waals surface area contributed by atoms with E-state index in [4.69, 9.17) is 14.5 Å². The summed E-state index contributed by atoms with van der Waals surface area (Å²) in [5.41, 5.74) is 0. The van der Waals surface area contributed by atoms with Crippen molar-refractivity contribution in [2.24, 2.45) is 0 Å². The molecule has 3 aromatic rings. The number of piperidine rings is 1. The average Bonchev–Trinajstić information content (AvgIpc) is 2.76. The Hall–Kier alpha value is -3.35. The van der Waals surface area contributed by atoms with Crippen LogP contribution in [-0.2, 0) is 0 Å². The SMILES string of the molecule is CCOc1ccccc1OC1CCCN(c2cncc(Nc3ccccn3)n2)C1. The number of ether oxygens (including phenoxy) is 2. The van der Waals surface area contributed by atoms with Gasteiger partial charge in [0.25, 0.3) is 0 Å². The molecule has 1 saturated heterocycles. The van der Waals surface area contributed by atoms with Gasteiger partial charge in [-0.05, 0) is 44.0 Å². The fourth-order valence-corrected chi connectivity index (χ4v) is 3.38. The van der Waals surface area contributed by atoms with Gasteiger partial charge >= 0.3 is 0 Å². The van der Waals surface area contributed by atoms with Crippen LogP contribution in [0.2, 0.25) is 0 Å². The zero-order valence-electron chi connectivity index (χ0n) is 16.5. The number of para-hydroxylation sites is 2. The summed E-state index contributed by atoms with van der Waals surface area (Å²) in [5.74, 6) is 3.82. The number of nitrogens with one attached hydrogen (secondary N) is 1. The lowest BCUT2D eigenvalue weighted by atomic mass is 10.1. The maximum absolute atomic E-state index is 6.28. The Balaban J connectivity index is 1.44. The lowest BCUT2D eigenvalue weighted by Crippen LogP contribution is -2.41. The second kappa shape index (κ2) is 9.23. The van der Waals surface area contributed by atoms with Gasteiger partial charge in [0.2, 0.25) is 0 Å². The molecule has 1 atom stereocenters. The topological polar surface area (TPSA) is 72.4 Å². The molecule has 1 aliphatic heterocycles. The Morgan fingerprint density at radius 3 is 2.76 bits per heavy atom. The van der Waals surface area contributed by atoms with Crippen LogP contribution in [0.15, 0.2) is 61.1 Å². The molecule has 1 unspecified atom stereocenters. The Kier molecular flexibility index (Phi) is 6.04. The zero-order chi connectivity index (χ0) is 19.9. The highest BCUT2D eigenvalue weighted by molar-refractivity contribution is 5.53. The van der Waals surface area contributed by atoms with Crippen molar-refractivity contribution >= 4 is 17.5 Å². The third-order valence-corrected chi connectivity index (χ3v) is 4.69. The van der Waals surface area contributed by atoms with Crippen molar-refractivity contribution in [2.75, 3.05) is 29.9 Å². The summed E-state index contributed by atoms with van der Waals surface area (Å²) in [5, 5.41) is 3.20. The molecule has 0 bridgehead atoms. The number of hydrogen-bond donors (Lipinski definition) is 1. The molecule has 2 aromatic heterocycles. The van der Waals surface area contributed by atoms with Crippen LogP contribution in [0.4, 0.5) is 17.5 Å². The second-order valence-electron chi connectivity index (χ2n) is 6.81. The van der Waals surface area contributed by atoms with Crippen molar-refractivity contribution in [2.45, 2.75) is 25.9 Å². The van der Waals surface area contributed by atoms with E-state index in [2.05, 4.69) is 20.2 Å². The summed E-state index contributed by atoms with van der Waals surface area (Å²) >= 11 is 0. The lowest BCUT2D eigenvalue weighted by molar-refractivity contribution is 0.170. The Morgan fingerprint density at radius 1 is 1.07 bits per heavy atom. The number of rotatable bonds is 7. The first kappa shape index (κ1) is 19.0. The number of benzene rings is 1. The Bertz CT molecular complexity index is 922. The minimum atomic E-state index is 0.0690. The van der Waals surface area contributed by atoms with Crippen molar-refractivity contribution < 1.29 is 9.47 Å². The fraction of sp³-hybridized carbons (Fsp3) is 0.318. The van der Waals surface area contributed by atoms with E-state index in [0.29, 0.717) is 12.4 Å². The molecule has 0 saturated carbocycles. The van der Waals surface area contributed by atoms with Crippen LogP contribution in [0.25, 0.3) is 0 Å². The third kappa shape index (κ3) is 4.93. The van der Waals surface area contributed by atoms with Gasteiger partial charge in [0.1, 0.15) is 17.7 Å². The van der Waals surface area contributed by atoms with E-state index in [-0.39, 0.29) is 6.10 Å². The van der Waals surface area contributed by atoms with Gasteiger partial charge < -0.3 is 19.7 Å². The van der Waals surface area contributed by atoms with Gasteiger partial charge in [-0.25, -0.2) is 9.97 Å². The average molecular weight is 391 g/mol. The maximum Gasteiger partial charge on any atom is 0.161 e. The number of hydrogen-bond acceptors (Lipinski definition) is 7. The minimum absolute atomic E-state index is 0.0690. The summed E-state index contributed by atoms with van der Waals surface area (Å²) < 4.78 is 12.0. The summed E-state index contributed by atoms with van der Waals surface area (Å²) in [7, 11) is 0. The van der Waals surface area contributed by atoms with E-state index >= 15 is 0 Å². The van der Waals surface area contributed by atoms with Gasteiger partial charge in [0.05, 0.1) is 25.5 Å². The third-order valence-electron chi connectivity index (χ3n) is 4.69. The standard InChI is InChI=1S/C22H25N5O2/c1-2-28-18-9-3-4-10-19(18)29-17-8-7-13-27(16-17)22-15-23-14-21(26-22)25-20-11-5-6-12-24-20/h3-6,9-12,14-15,17H,2,7-8,13,16H2,1H3,(H,24,25,26). The van der Waals surface area contributed by atoms with Crippen LogP contribution in [0.1, 0.15) is 19.8 Å². The number of pyridine rings is 1. The highest BCUT2D eigenvalue weighted by atomic mass is 16.5. The first-order chi connectivity index (χ1) is 14.3. The molecule has 3 heterocycles. The predicted molar refractivity (Wildman–Crippen MR) is 113 cm³/mol. The van der Waals surface area contributed by atoms with Crippen molar-refractivity contribution in [3.8, 4) is 11.5 Å². The molecule has 1 N–H and O–H groups in total. The van der Waals surface area contributed by atoms with Crippen molar-refractivity contribution in [1.29, 1.82) is 0 Å². The molecular formula is C22H25N5O2. The van der Waals surface area contributed by atoms with Gasteiger partial charge in [-0.1, -0.05) is 18.2 Å². The van der Waals surface area contributed by atoms with Crippen LogP contribution < -0.4 is 19.7 Å². The van der Waals surface area contributed by atoms with Crippen molar-refractivity contribution in [1.82, 2.24) is 15.0 Å². The quantitative estimate of drug-likeness (QED) is 0.651. The van der Waals surface area contributed by atoms with E-state index in [1.54, 1.807) is 18.6 Å². The van der Waals surface area contributed by atoms with Gasteiger partial charge in [-0.2, -0.15) is 0 Å². The summed E-state index contributed by atoms with van der Waals surface area (Å²) in [4.78, 5) is 15.6. The lowest BCUT2D eigenvalue weighted by Gasteiger charge is -2.33. The van der Waals surface area contributed by atoms with Crippen molar-refractivity contribution in [3.05, 3.63) is 61.1 Å². The zero-order valence-corrected chi connectivity index (χ0v) is 16.5. The van der Waals surface area contributed by atoms with Crippen LogP contribution >= 0.6 is 0 Å². The Labute approximate surface area is 170 Å². The second-order valence-corrected chi connectivity index (χ2v) is 6.81. The van der Waals surface area contributed by atoms with Gasteiger partial charge in [-0.15, -0.1) is 0 Å². The van der Waals surface area contributed by atoms with Crippen LogP contribution in [0, 0.1) is 0 Å². The molecule has 150 valence electrons. The molecule has 1 fully saturated rings. The molecule has 0 amide bonds. The van der Waals surface area contributed by atoms with E-state index < -0.39 is 0 Å². The summed E-state index contributed by atoms with van der Waals surface area (Å²) in [6.45, 7) is 4.27. The molecule has 4 rings (SSSR count). The van der Waals surface area contributed by atoms with E-state index in [1.165, 1.54) is 0 Å². The molecule has 0 radical (unpaired) electrons. The minimum Gasteiger partial charge on any atom is -0.490 e. The van der Waals surface area contributed by atoms with E-state index in [0.717, 1.165) is 49.1 Å². The molecule has 1 aromatic carbocycles. The van der Waals surface area contributed by atoms with E-state index in [1.807, 2.05) is 49.4 Å². The molecule has 0 aliphatic carbocycles. The molecule has 29 heavy (non-hydrogen) atoms. The van der Waals surface area contributed by atoms with Crippen LogP contribution in [0.3, 0.4) is 0 Å². The van der Waals surface area contributed by atoms with Gasteiger partial charge in [0, 0.05) is 12.7 Å². The smallest absolute Gasteiger partial charge is 0.161 e. The molecule has 1 aliphatic rings. The molecule has 7 nitrogen and oxygen atoms in total. The first-order valence-electron chi connectivity index (χ1n) is 9.95. The largest absolute Gasteiger partial charge is 0.490 e. The van der Waals surface area contributed by atoms with Crippen LogP contribution in [0.5, 0.6) is 11.5 Å². The first-order valence-corrected chi connectivity index (χ1v) is 9.95. The monoisotopic (exact) mass is 391 g/mol. The number of aromatic nitrogens is 3.